The van der Waals surface area contributed by atoms with Crippen LogP contribution in [0.4, 0.5) is 19.1 Å². The van der Waals surface area contributed by atoms with Gasteiger partial charge in [0.15, 0.2) is 19.7 Å². The van der Waals surface area contributed by atoms with E-state index in [-0.39, 0.29) is 27.9 Å². The van der Waals surface area contributed by atoms with Gasteiger partial charge in [0.1, 0.15) is 5.75 Å². The molecule has 1 saturated heterocycles. The number of methoxy groups -OCH3 is 1. The van der Waals surface area contributed by atoms with Gasteiger partial charge in [-0.1, -0.05) is 6.92 Å². The first-order chi connectivity index (χ1) is 17.1. The highest BCUT2D eigenvalue weighted by Crippen LogP contribution is 2.27. The van der Waals surface area contributed by atoms with Crippen molar-refractivity contribution < 1.29 is 39.5 Å². The van der Waals surface area contributed by atoms with E-state index in [2.05, 4.69) is 9.97 Å². The van der Waals surface area contributed by atoms with E-state index in [1.54, 1.807) is 11.1 Å². The second-order valence-corrected chi connectivity index (χ2v) is 12.6. The molecular formula is C22H27F3N4O6S2. The van der Waals surface area contributed by atoms with Crippen LogP contribution in [0, 0.1) is 0 Å². The zero-order valence-corrected chi connectivity index (χ0v) is 22.1. The fourth-order valence-corrected chi connectivity index (χ4v) is 5.82. The Morgan fingerprint density at radius 1 is 1.14 bits per heavy atom. The van der Waals surface area contributed by atoms with Gasteiger partial charge in [0.2, 0.25) is 5.95 Å². The Labute approximate surface area is 213 Å². The van der Waals surface area contributed by atoms with Crippen LogP contribution >= 0.6 is 0 Å². The van der Waals surface area contributed by atoms with Crippen molar-refractivity contribution in [3.63, 3.8) is 0 Å². The zero-order valence-electron chi connectivity index (χ0n) is 20.4. The van der Waals surface area contributed by atoms with Gasteiger partial charge in [0, 0.05) is 50.6 Å². The van der Waals surface area contributed by atoms with Crippen LogP contribution in [-0.4, -0.2) is 83.3 Å². The molecule has 0 spiro atoms. The summed E-state index contributed by atoms with van der Waals surface area (Å²) in [6, 6.07) is 4.23. The summed E-state index contributed by atoms with van der Waals surface area (Å²) in [5.74, 6) is 0.331. The Kier molecular flexibility index (Phi) is 8.37. The minimum Gasteiger partial charge on any atom is -0.496 e. The van der Waals surface area contributed by atoms with Crippen LogP contribution in [0.25, 0.3) is 0 Å². The fourth-order valence-electron chi connectivity index (χ4n) is 3.69. The number of hydrogen-bond acceptors (Lipinski definition) is 9. The number of hydrogen-bond donors (Lipinski definition) is 0. The quantitative estimate of drug-likeness (QED) is 0.549. The fraction of sp³-hybridized carbons (Fsp3) is 0.500. The molecule has 0 saturated carbocycles. The lowest BCUT2D eigenvalue weighted by molar-refractivity contribution is -0.130. The number of rotatable bonds is 4. The van der Waals surface area contributed by atoms with E-state index in [1.165, 1.54) is 25.3 Å². The van der Waals surface area contributed by atoms with Crippen LogP contribution in [0.5, 0.6) is 5.75 Å². The summed E-state index contributed by atoms with van der Waals surface area (Å²) in [6.07, 6.45) is -2.04. The number of sulfone groups is 2. The van der Waals surface area contributed by atoms with Crippen molar-refractivity contribution in [1.29, 1.82) is 0 Å². The SMILES string of the molecule is CCC(F)(F)F.COc1ccc(S(C)(=O)=O)cc1C(=O)N1CCN(c2ncc3c(n2)CS(=O)(=O)C3)CC1. The molecule has 2 aliphatic heterocycles. The summed E-state index contributed by atoms with van der Waals surface area (Å²) in [6.45, 7) is 2.77. The lowest BCUT2D eigenvalue weighted by Crippen LogP contribution is -2.49. The summed E-state index contributed by atoms with van der Waals surface area (Å²) in [5, 5.41) is 0. The Hall–Kier alpha value is -2.94. The predicted octanol–water partition coefficient (Wildman–Crippen LogP) is 2.24. The van der Waals surface area contributed by atoms with Crippen LogP contribution < -0.4 is 9.64 Å². The van der Waals surface area contributed by atoms with Crippen molar-refractivity contribution in [2.75, 3.05) is 44.4 Å². The predicted molar refractivity (Wildman–Crippen MR) is 129 cm³/mol. The maximum absolute atomic E-state index is 13.1. The van der Waals surface area contributed by atoms with E-state index in [4.69, 9.17) is 4.74 Å². The van der Waals surface area contributed by atoms with Crippen molar-refractivity contribution in [2.24, 2.45) is 0 Å². The van der Waals surface area contributed by atoms with Crippen LogP contribution in [0.3, 0.4) is 0 Å². The number of fused-ring (bicyclic) bond motifs is 1. The highest BCUT2D eigenvalue weighted by Gasteiger charge is 2.30. The number of alkyl halides is 3. The number of nitrogens with zero attached hydrogens (tertiary/aromatic N) is 4. The van der Waals surface area contributed by atoms with Crippen molar-refractivity contribution >= 4 is 31.5 Å². The van der Waals surface area contributed by atoms with Crippen molar-refractivity contribution in [1.82, 2.24) is 14.9 Å². The summed E-state index contributed by atoms with van der Waals surface area (Å²) in [7, 11) is -5.19. The molecular weight excluding hydrogens is 537 g/mol. The summed E-state index contributed by atoms with van der Waals surface area (Å²) in [4.78, 5) is 25.3. The van der Waals surface area contributed by atoms with Crippen LogP contribution in [0.2, 0.25) is 0 Å². The van der Waals surface area contributed by atoms with E-state index in [9.17, 15) is 34.8 Å². The zero-order chi connectivity index (χ0) is 27.6. The van der Waals surface area contributed by atoms with Gasteiger partial charge in [0.05, 0.1) is 34.8 Å². The van der Waals surface area contributed by atoms with Crippen molar-refractivity contribution in [3.8, 4) is 5.75 Å². The van der Waals surface area contributed by atoms with E-state index < -0.39 is 32.3 Å². The molecule has 37 heavy (non-hydrogen) atoms. The molecule has 2 aromatic rings. The molecule has 0 unspecified atom stereocenters. The van der Waals surface area contributed by atoms with E-state index >= 15 is 0 Å². The molecule has 15 heteroatoms. The topological polar surface area (TPSA) is 127 Å². The third-order valence-electron chi connectivity index (χ3n) is 5.75. The lowest BCUT2D eigenvalue weighted by atomic mass is 10.1. The third kappa shape index (κ3) is 7.31. The van der Waals surface area contributed by atoms with Gasteiger partial charge in [-0.2, -0.15) is 13.2 Å². The van der Waals surface area contributed by atoms with Gasteiger partial charge >= 0.3 is 6.18 Å². The van der Waals surface area contributed by atoms with Gasteiger partial charge < -0.3 is 14.5 Å². The van der Waals surface area contributed by atoms with Gasteiger partial charge in [-0.25, -0.2) is 26.8 Å². The van der Waals surface area contributed by atoms with E-state index in [0.29, 0.717) is 49.1 Å². The molecule has 3 heterocycles. The van der Waals surface area contributed by atoms with Crippen LogP contribution in [-0.2, 0) is 31.2 Å². The Morgan fingerprint density at radius 3 is 2.30 bits per heavy atom. The highest BCUT2D eigenvalue weighted by molar-refractivity contribution is 7.90. The van der Waals surface area contributed by atoms with E-state index in [1.807, 2.05) is 4.90 Å². The van der Waals surface area contributed by atoms with Gasteiger partial charge in [0.25, 0.3) is 5.91 Å². The Bertz CT molecular complexity index is 1370. The van der Waals surface area contributed by atoms with E-state index in [0.717, 1.165) is 13.2 Å². The van der Waals surface area contributed by atoms with Crippen LogP contribution in [0.15, 0.2) is 29.3 Å². The molecule has 4 rings (SSSR count). The standard InChI is InChI=1S/C19H22N4O6S2.C3H5F3/c1-29-17-4-3-14(30(2,25)26)9-15(17)18(24)22-5-7-23(8-6-22)19-20-10-13-11-31(27,28)12-16(13)21-19;1-2-3(4,5)6/h3-4,9-10H,5-8,11-12H2,1-2H3;2H2,1H3. The average Bonchev–Trinajstić information content (AvgIpc) is 3.15. The van der Waals surface area contributed by atoms with Gasteiger partial charge in [-0.05, 0) is 18.2 Å². The molecule has 0 aliphatic carbocycles. The number of aromatic nitrogens is 2. The molecule has 1 fully saturated rings. The molecule has 10 nitrogen and oxygen atoms in total. The number of carbonyl (C=O) groups is 1. The number of ether oxygens (including phenoxy) is 1. The van der Waals surface area contributed by atoms with Gasteiger partial charge in [-0.3, -0.25) is 4.79 Å². The first-order valence-electron chi connectivity index (χ1n) is 11.2. The molecule has 1 aromatic carbocycles. The summed E-state index contributed by atoms with van der Waals surface area (Å²) < 4.78 is 85.0. The second-order valence-electron chi connectivity index (χ2n) is 8.56. The molecule has 0 bridgehead atoms. The Balaban J connectivity index is 0.000000568. The number of anilines is 1. The van der Waals surface area contributed by atoms with Gasteiger partial charge in [-0.15, -0.1) is 0 Å². The molecule has 204 valence electrons. The Morgan fingerprint density at radius 2 is 1.76 bits per heavy atom. The molecule has 0 radical (unpaired) electrons. The van der Waals surface area contributed by atoms with Crippen molar-refractivity contribution in [2.45, 2.75) is 35.9 Å². The molecule has 0 atom stereocenters. The first kappa shape index (κ1) is 28.6. The second kappa shape index (κ2) is 10.8. The normalized spacial score (nSPS) is 17.0. The molecule has 2 aliphatic rings. The van der Waals surface area contributed by atoms with Crippen molar-refractivity contribution in [3.05, 3.63) is 41.2 Å². The third-order valence-corrected chi connectivity index (χ3v) is 8.33. The molecule has 0 N–H and O–H groups in total. The number of benzene rings is 1. The highest BCUT2D eigenvalue weighted by atomic mass is 32.2. The largest absolute Gasteiger partial charge is 0.496 e. The monoisotopic (exact) mass is 564 g/mol. The molecule has 1 aromatic heterocycles. The summed E-state index contributed by atoms with van der Waals surface area (Å²) >= 11 is 0. The number of amides is 1. The maximum Gasteiger partial charge on any atom is 0.388 e. The smallest absolute Gasteiger partial charge is 0.388 e. The minimum absolute atomic E-state index is 0.0285. The first-order valence-corrected chi connectivity index (χ1v) is 14.9. The number of piperazine rings is 1. The lowest BCUT2D eigenvalue weighted by Gasteiger charge is -2.35. The van der Waals surface area contributed by atoms with Crippen LogP contribution in [0.1, 0.15) is 35.0 Å². The summed E-state index contributed by atoms with van der Waals surface area (Å²) in [5.41, 5.74) is 1.36. The molecule has 1 amide bonds. The minimum atomic E-state index is -3.96. The number of halogens is 3. The maximum atomic E-state index is 13.1. The average molecular weight is 565 g/mol. The number of carbonyl (C=O) groups excluding carboxylic acids is 1.